The number of aromatic nitrogens is 1. The van der Waals surface area contributed by atoms with E-state index in [2.05, 4.69) is 63.3 Å². The van der Waals surface area contributed by atoms with E-state index in [9.17, 15) is 5.11 Å². The van der Waals surface area contributed by atoms with Gasteiger partial charge in [0.1, 0.15) is 12.4 Å². The molecule has 1 fully saturated rings. The van der Waals surface area contributed by atoms with Crippen molar-refractivity contribution < 1.29 is 9.84 Å². The minimum atomic E-state index is -0.757. The number of aliphatic hydroxyl groups is 1. The highest BCUT2D eigenvalue weighted by atomic mass is 16.5. The summed E-state index contributed by atoms with van der Waals surface area (Å²) in [5.41, 5.74) is 4.20. The molecule has 34 heavy (non-hydrogen) atoms. The fraction of sp³-hybridized carbons (Fsp3) is 0.414. The molecular weight excluding hydrogens is 422 g/mol. The molecular formula is C29H35N3O2. The molecule has 2 aromatic carbocycles. The maximum atomic E-state index is 11.1. The first-order chi connectivity index (χ1) is 16.7. The van der Waals surface area contributed by atoms with Crippen LogP contribution < -0.4 is 4.74 Å². The number of ether oxygens (including phenoxy) is 1. The van der Waals surface area contributed by atoms with E-state index in [-0.39, 0.29) is 0 Å². The number of hydrogen-bond donors (Lipinski definition) is 1. The normalized spacial score (nSPS) is 18.6. The summed E-state index contributed by atoms with van der Waals surface area (Å²) >= 11 is 0. The molecule has 1 saturated heterocycles. The van der Waals surface area contributed by atoms with Crippen LogP contribution in [-0.2, 0) is 25.1 Å². The van der Waals surface area contributed by atoms with Gasteiger partial charge >= 0.3 is 0 Å². The molecule has 0 saturated carbocycles. The van der Waals surface area contributed by atoms with Gasteiger partial charge in [0, 0.05) is 56.2 Å². The van der Waals surface area contributed by atoms with E-state index in [4.69, 9.17) is 4.74 Å². The lowest BCUT2D eigenvalue weighted by Crippen LogP contribution is -2.42. The number of aryl methyl sites for hydroxylation is 1. The van der Waals surface area contributed by atoms with Crippen molar-refractivity contribution in [2.24, 2.45) is 0 Å². The second-order valence-corrected chi connectivity index (χ2v) is 9.71. The van der Waals surface area contributed by atoms with Crippen LogP contribution in [0.15, 0.2) is 73.1 Å². The van der Waals surface area contributed by atoms with Gasteiger partial charge in [-0.05, 0) is 61.6 Å². The maximum Gasteiger partial charge on any atom is 0.123 e. The van der Waals surface area contributed by atoms with Crippen molar-refractivity contribution in [1.82, 2.24) is 14.8 Å². The van der Waals surface area contributed by atoms with Crippen LogP contribution in [0.1, 0.15) is 41.5 Å². The molecule has 0 amide bonds. The summed E-state index contributed by atoms with van der Waals surface area (Å²) in [7, 11) is 0. The van der Waals surface area contributed by atoms with E-state index in [1.165, 1.54) is 16.7 Å². The van der Waals surface area contributed by atoms with Crippen LogP contribution in [0.5, 0.6) is 5.75 Å². The third-order valence-electron chi connectivity index (χ3n) is 7.25. The van der Waals surface area contributed by atoms with Crippen LogP contribution in [0.25, 0.3) is 0 Å². The second kappa shape index (κ2) is 10.7. The number of fused-ring (bicyclic) bond motifs is 1. The van der Waals surface area contributed by atoms with Crippen LogP contribution in [0.2, 0.25) is 0 Å². The number of piperidine rings is 1. The molecule has 2 aliphatic heterocycles. The molecule has 3 heterocycles. The summed E-state index contributed by atoms with van der Waals surface area (Å²) in [4.78, 5) is 9.16. The molecule has 0 bridgehead atoms. The number of likely N-dealkylation sites (tertiary alicyclic amines) is 1. The van der Waals surface area contributed by atoms with Gasteiger partial charge in [0.05, 0.1) is 5.60 Å². The molecule has 2 aliphatic rings. The molecule has 5 heteroatoms. The zero-order valence-corrected chi connectivity index (χ0v) is 19.9. The van der Waals surface area contributed by atoms with Gasteiger partial charge < -0.3 is 9.84 Å². The molecule has 1 N–H and O–H groups in total. The highest BCUT2D eigenvalue weighted by Crippen LogP contribution is 2.33. The lowest BCUT2D eigenvalue weighted by atomic mass is 9.85. The van der Waals surface area contributed by atoms with Crippen molar-refractivity contribution in [2.45, 2.75) is 44.4 Å². The zero-order chi connectivity index (χ0) is 23.2. The fourth-order valence-electron chi connectivity index (χ4n) is 5.21. The standard InChI is InChI=1S/C29H35N3O2/c33-29(27-9-4-14-30-21-27)12-16-32(17-13-29)22-25-10-11-28-26(20-25)23-31(18-19-34-28)15-5-8-24-6-2-1-3-7-24/h1-4,6-7,9-11,14,20-21,33H,5,8,12-13,15-19,22-23H2. The minimum absolute atomic E-state index is 0.738. The number of hydrogen-bond acceptors (Lipinski definition) is 5. The Labute approximate surface area is 203 Å². The summed E-state index contributed by atoms with van der Waals surface area (Å²) in [6, 6.07) is 21.3. The van der Waals surface area contributed by atoms with E-state index in [1.807, 2.05) is 12.1 Å². The molecule has 0 spiro atoms. The monoisotopic (exact) mass is 457 g/mol. The summed E-state index contributed by atoms with van der Waals surface area (Å²) in [5.74, 6) is 1.03. The van der Waals surface area contributed by atoms with Gasteiger partial charge in [-0.1, -0.05) is 42.5 Å². The van der Waals surface area contributed by atoms with E-state index < -0.39 is 5.60 Å². The second-order valence-electron chi connectivity index (χ2n) is 9.71. The van der Waals surface area contributed by atoms with Crippen LogP contribution in [-0.4, -0.2) is 52.7 Å². The van der Waals surface area contributed by atoms with Gasteiger partial charge in [0.15, 0.2) is 0 Å². The Morgan fingerprint density at radius 3 is 2.56 bits per heavy atom. The van der Waals surface area contributed by atoms with E-state index in [1.54, 1.807) is 12.4 Å². The highest BCUT2D eigenvalue weighted by Gasteiger charge is 2.34. The quantitative estimate of drug-likeness (QED) is 0.570. The number of pyridine rings is 1. The predicted molar refractivity (Wildman–Crippen MR) is 135 cm³/mol. The number of benzene rings is 2. The summed E-state index contributed by atoms with van der Waals surface area (Å²) in [5, 5.41) is 11.1. The Morgan fingerprint density at radius 1 is 0.912 bits per heavy atom. The van der Waals surface area contributed by atoms with Crippen LogP contribution in [0, 0.1) is 0 Å². The number of nitrogens with zero attached hydrogens (tertiary/aromatic N) is 3. The minimum Gasteiger partial charge on any atom is -0.492 e. The van der Waals surface area contributed by atoms with Gasteiger partial charge in [0.2, 0.25) is 0 Å². The number of rotatable bonds is 7. The summed E-state index contributed by atoms with van der Waals surface area (Å²) in [6.07, 6.45) is 7.31. The maximum absolute atomic E-state index is 11.1. The lowest BCUT2D eigenvalue weighted by molar-refractivity contribution is -0.0279. The first-order valence-electron chi connectivity index (χ1n) is 12.5. The average Bonchev–Trinajstić information content (AvgIpc) is 3.08. The van der Waals surface area contributed by atoms with Crippen molar-refractivity contribution >= 4 is 0 Å². The van der Waals surface area contributed by atoms with Gasteiger partial charge in [0.25, 0.3) is 0 Å². The lowest BCUT2D eigenvalue weighted by Gasteiger charge is -2.38. The Balaban J connectivity index is 1.16. The molecule has 3 aromatic rings. The van der Waals surface area contributed by atoms with Crippen LogP contribution in [0.3, 0.4) is 0 Å². The van der Waals surface area contributed by atoms with Gasteiger partial charge in [-0.25, -0.2) is 0 Å². The first kappa shape index (κ1) is 23.0. The molecule has 0 radical (unpaired) electrons. The van der Waals surface area contributed by atoms with E-state index >= 15 is 0 Å². The van der Waals surface area contributed by atoms with Gasteiger partial charge in [-0.3, -0.25) is 14.8 Å². The Hall–Kier alpha value is -2.73. The highest BCUT2D eigenvalue weighted by molar-refractivity contribution is 5.38. The van der Waals surface area contributed by atoms with Crippen molar-refractivity contribution in [1.29, 1.82) is 0 Å². The topological polar surface area (TPSA) is 48.8 Å². The molecule has 5 rings (SSSR count). The van der Waals surface area contributed by atoms with E-state index in [0.29, 0.717) is 0 Å². The van der Waals surface area contributed by atoms with Crippen LogP contribution >= 0.6 is 0 Å². The predicted octanol–water partition coefficient (Wildman–Crippen LogP) is 4.39. The van der Waals surface area contributed by atoms with Crippen molar-refractivity contribution in [3.63, 3.8) is 0 Å². The smallest absolute Gasteiger partial charge is 0.123 e. The van der Waals surface area contributed by atoms with Crippen LogP contribution in [0.4, 0.5) is 0 Å². The molecule has 178 valence electrons. The molecule has 5 nitrogen and oxygen atoms in total. The Morgan fingerprint density at radius 2 is 1.76 bits per heavy atom. The van der Waals surface area contributed by atoms with E-state index in [0.717, 1.165) is 82.9 Å². The average molecular weight is 458 g/mol. The zero-order valence-electron chi connectivity index (χ0n) is 19.9. The van der Waals surface area contributed by atoms with Gasteiger partial charge in [-0.15, -0.1) is 0 Å². The third-order valence-corrected chi connectivity index (χ3v) is 7.25. The third kappa shape index (κ3) is 5.66. The molecule has 0 aliphatic carbocycles. The Kier molecular flexibility index (Phi) is 7.24. The molecule has 1 aromatic heterocycles. The van der Waals surface area contributed by atoms with Crippen molar-refractivity contribution in [3.05, 3.63) is 95.3 Å². The first-order valence-corrected chi connectivity index (χ1v) is 12.5. The fourth-order valence-corrected chi connectivity index (χ4v) is 5.21. The summed E-state index contributed by atoms with van der Waals surface area (Å²) in [6.45, 7) is 6.41. The Bertz CT molecular complexity index is 1050. The largest absolute Gasteiger partial charge is 0.492 e. The summed E-state index contributed by atoms with van der Waals surface area (Å²) < 4.78 is 6.07. The van der Waals surface area contributed by atoms with Gasteiger partial charge in [-0.2, -0.15) is 0 Å². The molecule has 0 unspecified atom stereocenters. The molecule has 0 atom stereocenters. The van der Waals surface area contributed by atoms with Crippen molar-refractivity contribution in [3.8, 4) is 5.75 Å². The SMILES string of the molecule is OC1(c2cccnc2)CCN(Cc2ccc3c(c2)CN(CCCc2ccccc2)CCO3)CC1. The van der Waals surface area contributed by atoms with Crippen molar-refractivity contribution in [2.75, 3.05) is 32.8 Å².